The van der Waals surface area contributed by atoms with Crippen molar-refractivity contribution in [3.8, 4) is 11.5 Å². The van der Waals surface area contributed by atoms with Gasteiger partial charge < -0.3 is 19.7 Å². The first kappa shape index (κ1) is 24.0. The third-order valence-corrected chi connectivity index (χ3v) is 6.59. The van der Waals surface area contributed by atoms with Crippen LogP contribution in [0.3, 0.4) is 0 Å². The fraction of sp³-hybridized carbons (Fsp3) is 0.296. The molecule has 0 aliphatic carbocycles. The topological polar surface area (TPSA) is 54.0 Å². The van der Waals surface area contributed by atoms with Crippen molar-refractivity contribution >= 4 is 11.6 Å². The Labute approximate surface area is 207 Å². The molecule has 9 heteroatoms. The van der Waals surface area contributed by atoms with E-state index in [0.717, 1.165) is 43.9 Å². The number of carbonyl (C=O) groups excluding carboxylic acids is 1. The van der Waals surface area contributed by atoms with E-state index in [2.05, 4.69) is 27.2 Å². The Morgan fingerprint density at radius 3 is 2.28 bits per heavy atom. The Morgan fingerprint density at radius 1 is 0.889 bits per heavy atom. The van der Waals surface area contributed by atoms with Crippen molar-refractivity contribution in [2.75, 3.05) is 44.4 Å². The van der Waals surface area contributed by atoms with Gasteiger partial charge in [0.25, 0.3) is 5.91 Å². The van der Waals surface area contributed by atoms with E-state index in [4.69, 9.17) is 9.47 Å². The molecule has 3 aromatic rings. The number of ether oxygens (including phenoxy) is 2. The number of amides is 1. The summed E-state index contributed by atoms with van der Waals surface area (Å²) in [4.78, 5) is 17.4. The number of rotatable bonds is 6. The third-order valence-electron chi connectivity index (χ3n) is 6.59. The third kappa shape index (κ3) is 5.26. The number of nitrogens with one attached hydrogen (secondary N) is 1. The molecule has 0 radical (unpaired) electrons. The van der Waals surface area contributed by atoms with Gasteiger partial charge in [-0.2, -0.15) is 13.2 Å². The number of fused-ring (bicyclic) bond motifs is 1. The highest BCUT2D eigenvalue weighted by Gasteiger charge is 2.31. The zero-order chi connectivity index (χ0) is 25.1. The minimum atomic E-state index is -4.44. The van der Waals surface area contributed by atoms with Crippen LogP contribution in [-0.2, 0) is 6.18 Å². The monoisotopic (exact) mass is 497 g/mol. The Balaban J connectivity index is 1.30. The van der Waals surface area contributed by atoms with Gasteiger partial charge in [-0.1, -0.05) is 24.3 Å². The molecule has 2 aliphatic heterocycles. The number of piperazine rings is 1. The molecule has 2 aliphatic rings. The molecule has 1 atom stereocenters. The summed E-state index contributed by atoms with van der Waals surface area (Å²) in [5.74, 6) is 0.923. The van der Waals surface area contributed by atoms with Crippen molar-refractivity contribution in [1.82, 2.24) is 10.2 Å². The van der Waals surface area contributed by atoms with Crippen molar-refractivity contribution in [3.63, 3.8) is 0 Å². The van der Waals surface area contributed by atoms with Gasteiger partial charge in [0.15, 0.2) is 11.5 Å². The molecule has 0 bridgehead atoms. The maximum atomic E-state index is 12.9. The van der Waals surface area contributed by atoms with E-state index in [9.17, 15) is 18.0 Å². The van der Waals surface area contributed by atoms with Gasteiger partial charge in [-0.25, -0.2) is 0 Å². The molecular formula is C27H26F3N3O3. The number of carbonyl (C=O) groups is 1. The van der Waals surface area contributed by atoms with Gasteiger partial charge in [0.2, 0.25) is 6.79 Å². The number of para-hydroxylation sites is 1. The van der Waals surface area contributed by atoms with Crippen molar-refractivity contribution < 1.29 is 27.4 Å². The second-order valence-electron chi connectivity index (χ2n) is 8.77. The summed E-state index contributed by atoms with van der Waals surface area (Å²) in [6, 6.07) is 20.1. The molecule has 0 spiro atoms. The molecule has 0 saturated carbocycles. The van der Waals surface area contributed by atoms with Gasteiger partial charge in [0.05, 0.1) is 11.6 Å². The van der Waals surface area contributed by atoms with E-state index < -0.39 is 17.6 Å². The van der Waals surface area contributed by atoms with Crippen LogP contribution < -0.4 is 19.7 Å². The Bertz CT molecular complexity index is 1190. The van der Waals surface area contributed by atoms with Crippen LogP contribution in [0.2, 0.25) is 0 Å². The molecule has 0 aromatic heterocycles. The van der Waals surface area contributed by atoms with Crippen molar-refractivity contribution in [3.05, 3.63) is 89.5 Å². The Morgan fingerprint density at radius 2 is 1.58 bits per heavy atom. The molecule has 3 aromatic carbocycles. The summed E-state index contributed by atoms with van der Waals surface area (Å²) in [7, 11) is 0. The summed E-state index contributed by atoms with van der Waals surface area (Å²) >= 11 is 0. The van der Waals surface area contributed by atoms with Gasteiger partial charge in [0, 0.05) is 44.0 Å². The highest BCUT2D eigenvalue weighted by atomic mass is 19.4. The van der Waals surface area contributed by atoms with E-state index in [1.807, 2.05) is 36.4 Å². The van der Waals surface area contributed by atoms with Crippen LogP contribution in [0.25, 0.3) is 0 Å². The number of hydrogen-bond acceptors (Lipinski definition) is 5. The minimum absolute atomic E-state index is 0.143. The molecule has 36 heavy (non-hydrogen) atoms. The largest absolute Gasteiger partial charge is 0.454 e. The lowest BCUT2D eigenvalue weighted by Crippen LogP contribution is -2.50. The van der Waals surface area contributed by atoms with Crippen molar-refractivity contribution in [2.24, 2.45) is 0 Å². The first-order valence-electron chi connectivity index (χ1n) is 11.8. The van der Waals surface area contributed by atoms with E-state index >= 15 is 0 Å². The summed E-state index contributed by atoms with van der Waals surface area (Å²) in [5.41, 5.74) is 1.54. The SMILES string of the molecule is O=C(NCC(c1ccc2c(c1)OCO2)N1CCN(c2ccccc2)CC1)c1ccc(C(F)(F)F)cc1. The number of anilines is 1. The van der Waals surface area contributed by atoms with Crippen LogP contribution in [0.5, 0.6) is 11.5 Å². The lowest BCUT2D eigenvalue weighted by molar-refractivity contribution is -0.137. The lowest BCUT2D eigenvalue weighted by Gasteiger charge is -2.40. The number of hydrogen-bond donors (Lipinski definition) is 1. The molecule has 6 nitrogen and oxygen atoms in total. The van der Waals surface area contributed by atoms with Crippen LogP contribution in [0.1, 0.15) is 27.5 Å². The van der Waals surface area contributed by atoms with E-state index in [1.165, 1.54) is 17.8 Å². The molecule has 1 fully saturated rings. The fourth-order valence-electron chi connectivity index (χ4n) is 4.61. The maximum absolute atomic E-state index is 12.9. The molecule has 188 valence electrons. The highest BCUT2D eigenvalue weighted by molar-refractivity contribution is 5.94. The van der Waals surface area contributed by atoms with E-state index in [0.29, 0.717) is 18.0 Å². The summed E-state index contributed by atoms with van der Waals surface area (Å²) < 4.78 is 49.6. The van der Waals surface area contributed by atoms with E-state index in [1.54, 1.807) is 0 Å². The summed E-state index contributed by atoms with van der Waals surface area (Å²) in [6.45, 7) is 3.69. The lowest BCUT2D eigenvalue weighted by atomic mass is 10.0. The minimum Gasteiger partial charge on any atom is -0.454 e. The van der Waals surface area contributed by atoms with Crippen LogP contribution >= 0.6 is 0 Å². The molecule has 1 amide bonds. The van der Waals surface area contributed by atoms with Crippen molar-refractivity contribution in [1.29, 1.82) is 0 Å². The zero-order valence-corrected chi connectivity index (χ0v) is 19.5. The molecule has 1 N–H and O–H groups in total. The van der Waals surface area contributed by atoms with Gasteiger partial charge in [-0.15, -0.1) is 0 Å². The molecule has 1 unspecified atom stereocenters. The zero-order valence-electron chi connectivity index (χ0n) is 19.5. The second kappa shape index (κ2) is 10.1. The Hall–Kier alpha value is -3.72. The molecular weight excluding hydrogens is 471 g/mol. The molecule has 1 saturated heterocycles. The average molecular weight is 498 g/mol. The van der Waals surface area contributed by atoms with Crippen LogP contribution in [0.15, 0.2) is 72.8 Å². The summed E-state index contributed by atoms with van der Waals surface area (Å²) in [5, 5.41) is 2.92. The normalized spacial score (nSPS) is 16.6. The number of halogens is 3. The number of alkyl halides is 3. The van der Waals surface area contributed by atoms with Gasteiger partial charge in [-0.05, 0) is 54.1 Å². The Kier molecular flexibility index (Phi) is 6.73. The molecule has 2 heterocycles. The average Bonchev–Trinajstić information content (AvgIpc) is 3.37. The predicted molar refractivity (Wildman–Crippen MR) is 129 cm³/mol. The fourth-order valence-corrected chi connectivity index (χ4v) is 4.61. The van der Waals surface area contributed by atoms with Crippen molar-refractivity contribution in [2.45, 2.75) is 12.2 Å². The van der Waals surface area contributed by atoms with Crippen LogP contribution in [0.4, 0.5) is 18.9 Å². The van der Waals surface area contributed by atoms with Crippen LogP contribution in [0, 0.1) is 0 Å². The molecule has 5 rings (SSSR count). The second-order valence-corrected chi connectivity index (χ2v) is 8.77. The first-order valence-corrected chi connectivity index (χ1v) is 11.8. The maximum Gasteiger partial charge on any atom is 0.416 e. The number of benzene rings is 3. The quantitative estimate of drug-likeness (QED) is 0.534. The standard InChI is InChI=1S/C27H26F3N3O3/c28-27(29,30)21-9-6-19(7-10-21)26(34)31-17-23(20-8-11-24-25(16-20)36-18-35-24)33-14-12-32(13-15-33)22-4-2-1-3-5-22/h1-11,16,23H,12-15,17-18H2,(H,31,34). The van der Waals surface area contributed by atoms with Gasteiger partial charge in [0.1, 0.15) is 0 Å². The van der Waals surface area contributed by atoms with Crippen LogP contribution in [-0.4, -0.2) is 50.3 Å². The predicted octanol–water partition coefficient (Wildman–Crippen LogP) is 4.73. The first-order chi connectivity index (χ1) is 17.4. The summed E-state index contributed by atoms with van der Waals surface area (Å²) in [6.07, 6.45) is -4.44. The smallest absolute Gasteiger partial charge is 0.416 e. The van der Waals surface area contributed by atoms with Gasteiger partial charge >= 0.3 is 6.18 Å². The van der Waals surface area contributed by atoms with Gasteiger partial charge in [-0.3, -0.25) is 9.69 Å². The number of nitrogens with zero attached hydrogens (tertiary/aromatic N) is 2. The van der Waals surface area contributed by atoms with E-state index in [-0.39, 0.29) is 18.4 Å². The highest BCUT2D eigenvalue weighted by Crippen LogP contribution is 2.36.